The first-order valence-corrected chi connectivity index (χ1v) is 7.24. The summed E-state index contributed by atoms with van der Waals surface area (Å²) < 4.78 is 5.62. The fourth-order valence-electron chi connectivity index (χ4n) is 2.52. The van der Waals surface area contributed by atoms with Crippen LogP contribution in [0.2, 0.25) is 0 Å². The molecule has 2 rings (SSSR count). The number of Topliss-reactive ketones (excluding diaryl/α,β-unsaturated/α-hetero) is 1. The van der Waals surface area contributed by atoms with Crippen LogP contribution in [0, 0.1) is 0 Å². The van der Waals surface area contributed by atoms with Crippen LogP contribution in [-0.2, 0) is 9.53 Å². The van der Waals surface area contributed by atoms with Gasteiger partial charge in [0.1, 0.15) is 0 Å². The molecule has 1 aliphatic heterocycles. The van der Waals surface area contributed by atoms with E-state index in [1.165, 1.54) is 6.92 Å². The van der Waals surface area contributed by atoms with Crippen molar-refractivity contribution in [3.05, 3.63) is 29.8 Å². The van der Waals surface area contributed by atoms with E-state index in [9.17, 15) is 9.59 Å². The van der Waals surface area contributed by atoms with Crippen LogP contribution in [0.15, 0.2) is 24.3 Å². The van der Waals surface area contributed by atoms with Crippen molar-refractivity contribution in [3.63, 3.8) is 0 Å². The largest absolute Gasteiger partial charge is 0.376 e. The average molecular weight is 290 g/mol. The summed E-state index contributed by atoms with van der Waals surface area (Å²) in [4.78, 5) is 25.4. The Hall–Kier alpha value is -1.88. The van der Waals surface area contributed by atoms with E-state index in [1.807, 2.05) is 30.9 Å². The predicted octanol–water partition coefficient (Wildman–Crippen LogP) is 1.94. The molecule has 0 saturated carbocycles. The molecule has 1 heterocycles. The van der Waals surface area contributed by atoms with Crippen LogP contribution in [0.5, 0.6) is 0 Å². The van der Waals surface area contributed by atoms with E-state index in [2.05, 4.69) is 5.32 Å². The summed E-state index contributed by atoms with van der Waals surface area (Å²) in [5.74, 6) is 0.0611. The van der Waals surface area contributed by atoms with E-state index < -0.39 is 0 Å². The molecule has 1 N–H and O–H groups in total. The van der Waals surface area contributed by atoms with E-state index in [0.29, 0.717) is 18.7 Å². The summed E-state index contributed by atoms with van der Waals surface area (Å²) in [5, 5.41) is 3.08. The molecule has 0 radical (unpaired) electrons. The fraction of sp³-hybridized carbons (Fsp3) is 0.500. The van der Waals surface area contributed by atoms with Crippen molar-refractivity contribution < 1.29 is 14.3 Å². The molecule has 1 amide bonds. The van der Waals surface area contributed by atoms with Gasteiger partial charge in [0, 0.05) is 24.3 Å². The predicted molar refractivity (Wildman–Crippen MR) is 81.5 cm³/mol. The number of nitrogens with one attached hydrogen (secondary N) is 1. The lowest BCUT2D eigenvalue weighted by Crippen LogP contribution is -2.49. The van der Waals surface area contributed by atoms with Gasteiger partial charge in [-0.3, -0.25) is 9.59 Å². The molecule has 5 heteroatoms. The Kier molecular flexibility index (Phi) is 4.96. The van der Waals surface area contributed by atoms with Gasteiger partial charge in [-0.2, -0.15) is 0 Å². The number of benzene rings is 1. The maximum Gasteiger partial charge on any atom is 0.242 e. The molecule has 0 bridgehead atoms. The maximum atomic E-state index is 12.2. The van der Waals surface area contributed by atoms with Crippen molar-refractivity contribution in [3.8, 4) is 0 Å². The number of hydrogen-bond donors (Lipinski definition) is 1. The number of carbonyl (C=O) groups is 2. The quantitative estimate of drug-likeness (QED) is 0.861. The number of hydrogen-bond acceptors (Lipinski definition) is 4. The maximum absolute atomic E-state index is 12.2. The molecule has 21 heavy (non-hydrogen) atoms. The van der Waals surface area contributed by atoms with Gasteiger partial charge >= 0.3 is 0 Å². The summed E-state index contributed by atoms with van der Waals surface area (Å²) in [6.07, 6.45) is 0.137. The Morgan fingerprint density at radius 3 is 2.57 bits per heavy atom. The number of ketones is 1. The van der Waals surface area contributed by atoms with Crippen molar-refractivity contribution in [2.45, 2.75) is 33.0 Å². The molecular formula is C16H22N2O3. The van der Waals surface area contributed by atoms with Crippen LogP contribution in [0.1, 0.15) is 31.1 Å². The minimum Gasteiger partial charge on any atom is -0.376 e. The second kappa shape index (κ2) is 6.72. The normalized spacial score (nSPS) is 22.0. The second-order valence-corrected chi connectivity index (χ2v) is 5.55. The van der Waals surface area contributed by atoms with Crippen molar-refractivity contribution in [1.29, 1.82) is 0 Å². The Bertz CT molecular complexity index is 520. The molecule has 0 unspecified atom stereocenters. The third-order valence-electron chi connectivity index (χ3n) is 3.49. The Balaban J connectivity index is 1.92. The van der Waals surface area contributed by atoms with E-state index in [4.69, 9.17) is 4.74 Å². The number of rotatable bonds is 4. The molecular weight excluding hydrogens is 268 g/mol. The molecule has 1 aromatic rings. The van der Waals surface area contributed by atoms with E-state index in [-0.39, 0.29) is 30.4 Å². The first-order valence-electron chi connectivity index (χ1n) is 7.24. The zero-order valence-electron chi connectivity index (χ0n) is 12.8. The van der Waals surface area contributed by atoms with Crippen LogP contribution >= 0.6 is 0 Å². The lowest BCUT2D eigenvalue weighted by Gasteiger charge is -2.35. The van der Waals surface area contributed by atoms with Crippen molar-refractivity contribution >= 4 is 17.4 Å². The van der Waals surface area contributed by atoms with Gasteiger partial charge in [0.05, 0.1) is 18.8 Å². The average Bonchev–Trinajstić information content (AvgIpc) is 2.44. The molecule has 5 nitrogen and oxygen atoms in total. The topological polar surface area (TPSA) is 58.6 Å². The summed E-state index contributed by atoms with van der Waals surface area (Å²) in [5.41, 5.74) is 1.42. The van der Waals surface area contributed by atoms with Gasteiger partial charge in [-0.25, -0.2) is 0 Å². The lowest BCUT2D eigenvalue weighted by molar-refractivity contribution is -0.141. The fourth-order valence-corrected chi connectivity index (χ4v) is 2.52. The smallest absolute Gasteiger partial charge is 0.242 e. The van der Waals surface area contributed by atoms with Gasteiger partial charge in [-0.15, -0.1) is 0 Å². The zero-order chi connectivity index (χ0) is 15.4. The summed E-state index contributed by atoms with van der Waals surface area (Å²) in [6, 6.07) is 7.19. The first kappa shape index (κ1) is 15.5. The first-order chi connectivity index (χ1) is 9.95. The van der Waals surface area contributed by atoms with Gasteiger partial charge in [-0.05, 0) is 32.9 Å². The van der Waals surface area contributed by atoms with Gasteiger partial charge in [0.25, 0.3) is 0 Å². The highest BCUT2D eigenvalue weighted by atomic mass is 16.5. The SMILES string of the molecule is CC(=O)c1cccc(NCC(=O)N2C[C@@H](C)O[C@@H](C)C2)c1. The molecule has 114 valence electrons. The van der Waals surface area contributed by atoms with Gasteiger partial charge in [0.15, 0.2) is 5.78 Å². The number of anilines is 1. The van der Waals surface area contributed by atoms with Gasteiger partial charge in [0.2, 0.25) is 5.91 Å². The zero-order valence-corrected chi connectivity index (χ0v) is 12.8. The highest BCUT2D eigenvalue weighted by Gasteiger charge is 2.25. The number of nitrogens with zero attached hydrogens (tertiary/aromatic N) is 1. The van der Waals surface area contributed by atoms with E-state index in [1.54, 1.807) is 12.1 Å². The van der Waals surface area contributed by atoms with Crippen LogP contribution in [0.3, 0.4) is 0 Å². The minimum absolute atomic E-state index is 0.0146. The molecule has 2 atom stereocenters. The Morgan fingerprint density at radius 2 is 1.95 bits per heavy atom. The van der Waals surface area contributed by atoms with Gasteiger partial charge in [-0.1, -0.05) is 12.1 Å². The number of amides is 1. The monoisotopic (exact) mass is 290 g/mol. The molecule has 1 aliphatic rings. The molecule has 0 aromatic heterocycles. The van der Waals surface area contributed by atoms with Crippen LogP contribution < -0.4 is 5.32 Å². The van der Waals surface area contributed by atoms with Crippen molar-refractivity contribution in [1.82, 2.24) is 4.90 Å². The summed E-state index contributed by atoms with van der Waals surface area (Å²) in [6.45, 7) is 6.94. The number of morpholine rings is 1. The summed E-state index contributed by atoms with van der Waals surface area (Å²) in [7, 11) is 0. The molecule has 1 aromatic carbocycles. The standard InChI is InChI=1S/C16H22N2O3/c1-11-9-18(10-12(2)21-11)16(20)8-17-15-6-4-5-14(7-15)13(3)19/h4-7,11-12,17H,8-10H2,1-3H3/t11-,12+. The van der Waals surface area contributed by atoms with Gasteiger partial charge < -0.3 is 15.0 Å². The molecule has 1 fully saturated rings. The van der Waals surface area contributed by atoms with Crippen LogP contribution in [0.4, 0.5) is 5.69 Å². The minimum atomic E-state index is 0.0146. The molecule has 0 aliphatic carbocycles. The van der Waals surface area contributed by atoms with Crippen molar-refractivity contribution in [2.24, 2.45) is 0 Å². The third kappa shape index (κ3) is 4.29. The number of carbonyl (C=O) groups excluding carboxylic acids is 2. The highest BCUT2D eigenvalue weighted by molar-refractivity contribution is 5.95. The van der Waals surface area contributed by atoms with Crippen LogP contribution in [0.25, 0.3) is 0 Å². The van der Waals surface area contributed by atoms with Crippen LogP contribution in [-0.4, -0.2) is 48.4 Å². The summed E-state index contributed by atoms with van der Waals surface area (Å²) >= 11 is 0. The molecule has 1 saturated heterocycles. The van der Waals surface area contributed by atoms with E-state index >= 15 is 0 Å². The third-order valence-corrected chi connectivity index (χ3v) is 3.49. The molecule has 0 spiro atoms. The van der Waals surface area contributed by atoms with Crippen molar-refractivity contribution in [2.75, 3.05) is 25.0 Å². The Morgan fingerprint density at radius 1 is 1.29 bits per heavy atom. The Labute approximate surface area is 125 Å². The lowest BCUT2D eigenvalue weighted by atomic mass is 10.1. The second-order valence-electron chi connectivity index (χ2n) is 5.55. The number of ether oxygens (including phenoxy) is 1. The van der Waals surface area contributed by atoms with E-state index in [0.717, 1.165) is 5.69 Å². The highest BCUT2D eigenvalue weighted by Crippen LogP contribution is 2.13.